The molecular weight excluding hydrogens is 472 g/mol. The van der Waals surface area contributed by atoms with E-state index >= 15 is 0 Å². The first-order valence-electron chi connectivity index (χ1n) is 12.0. The Hall–Kier alpha value is -4.72. The van der Waals surface area contributed by atoms with Crippen molar-refractivity contribution in [2.75, 3.05) is 31.7 Å². The summed E-state index contributed by atoms with van der Waals surface area (Å²) in [6.45, 7) is 3.98. The standard InChI is InChI=1S/C26H26N8O3/c1-3-37-21-11-22(25-19(12-27)15-30-34(25)16-21)17-4-5-23(28-13-17)33-8-6-20(7-9-33)31-26(35)18-10-24(36-2)32-29-14-18/h4-5,10-11,13-16,20H,3,6-9H2,1-2H3,(H,31,35). The number of pyridine rings is 2. The Morgan fingerprint density at radius 1 is 1.22 bits per heavy atom. The number of nitriles is 1. The molecule has 1 fully saturated rings. The van der Waals surface area contributed by atoms with Crippen LogP contribution in [-0.4, -0.2) is 63.6 Å². The molecule has 0 aromatic carbocycles. The normalized spacial score (nSPS) is 13.8. The van der Waals surface area contributed by atoms with Crippen LogP contribution in [-0.2, 0) is 0 Å². The first-order valence-corrected chi connectivity index (χ1v) is 12.0. The Balaban J connectivity index is 1.27. The molecule has 5 rings (SSSR count). The molecule has 11 nitrogen and oxygen atoms in total. The van der Waals surface area contributed by atoms with Crippen LogP contribution in [0, 0.1) is 11.3 Å². The highest BCUT2D eigenvalue weighted by Gasteiger charge is 2.23. The van der Waals surface area contributed by atoms with Crippen LogP contribution < -0.4 is 19.7 Å². The van der Waals surface area contributed by atoms with Crippen LogP contribution in [0.1, 0.15) is 35.7 Å². The van der Waals surface area contributed by atoms with Gasteiger partial charge in [0.15, 0.2) is 0 Å². The number of carbonyl (C=O) groups is 1. The summed E-state index contributed by atoms with van der Waals surface area (Å²) < 4.78 is 12.4. The Labute approximate surface area is 213 Å². The largest absolute Gasteiger partial charge is 0.492 e. The number of methoxy groups -OCH3 is 1. The average molecular weight is 499 g/mol. The lowest BCUT2D eigenvalue weighted by Gasteiger charge is -2.33. The second-order valence-electron chi connectivity index (χ2n) is 8.61. The zero-order valence-electron chi connectivity index (χ0n) is 20.6. The van der Waals surface area contributed by atoms with E-state index in [0.29, 0.717) is 29.4 Å². The number of carbonyl (C=O) groups excluding carboxylic acids is 1. The first-order chi connectivity index (χ1) is 18.1. The summed E-state index contributed by atoms with van der Waals surface area (Å²) in [5, 5.41) is 24.5. The molecule has 0 bridgehead atoms. The maximum atomic E-state index is 12.6. The van der Waals surface area contributed by atoms with Gasteiger partial charge in [-0.1, -0.05) is 0 Å². The van der Waals surface area contributed by atoms with Crippen molar-refractivity contribution in [2.45, 2.75) is 25.8 Å². The molecule has 5 heterocycles. The molecule has 1 saturated heterocycles. The zero-order valence-corrected chi connectivity index (χ0v) is 20.6. The molecule has 0 saturated carbocycles. The molecule has 4 aromatic rings. The minimum atomic E-state index is -0.189. The van der Waals surface area contributed by atoms with Crippen molar-refractivity contribution in [3.8, 4) is 28.8 Å². The van der Waals surface area contributed by atoms with Crippen molar-refractivity contribution < 1.29 is 14.3 Å². The maximum absolute atomic E-state index is 12.6. The van der Waals surface area contributed by atoms with Crippen LogP contribution in [0.5, 0.6) is 11.6 Å². The van der Waals surface area contributed by atoms with Gasteiger partial charge < -0.3 is 19.7 Å². The minimum absolute atomic E-state index is 0.0584. The topological polar surface area (TPSA) is 131 Å². The molecule has 1 amide bonds. The monoisotopic (exact) mass is 498 g/mol. The number of amides is 1. The van der Waals surface area contributed by atoms with Gasteiger partial charge in [0.25, 0.3) is 5.91 Å². The summed E-state index contributed by atoms with van der Waals surface area (Å²) in [6.07, 6.45) is 8.16. The van der Waals surface area contributed by atoms with Crippen molar-refractivity contribution >= 4 is 17.2 Å². The van der Waals surface area contributed by atoms with Crippen LogP contribution in [0.15, 0.2) is 49.1 Å². The third kappa shape index (κ3) is 4.99. The van der Waals surface area contributed by atoms with Crippen LogP contribution in [0.2, 0.25) is 0 Å². The summed E-state index contributed by atoms with van der Waals surface area (Å²) in [4.78, 5) is 19.5. The number of nitrogens with one attached hydrogen (secondary N) is 1. The maximum Gasteiger partial charge on any atom is 0.253 e. The van der Waals surface area contributed by atoms with E-state index in [2.05, 4.69) is 31.6 Å². The number of piperidine rings is 1. The van der Waals surface area contributed by atoms with Crippen molar-refractivity contribution in [3.63, 3.8) is 0 Å². The fourth-order valence-corrected chi connectivity index (χ4v) is 4.47. The van der Waals surface area contributed by atoms with Gasteiger partial charge in [-0.05, 0) is 38.0 Å². The molecule has 4 aromatic heterocycles. The molecule has 0 spiro atoms. The van der Waals surface area contributed by atoms with Crippen LogP contribution in [0.25, 0.3) is 16.6 Å². The Kier molecular flexibility index (Phi) is 6.81. The summed E-state index contributed by atoms with van der Waals surface area (Å²) in [5.41, 5.74) is 3.34. The first kappa shape index (κ1) is 24.0. The SMILES string of the molecule is CCOc1cc(-c2ccc(N3CCC(NC(=O)c4cnnc(OC)c4)CC3)nc2)c2c(C#N)cnn2c1. The van der Waals surface area contributed by atoms with Crippen molar-refractivity contribution in [1.82, 2.24) is 30.1 Å². The third-order valence-corrected chi connectivity index (χ3v) is 6.33. The minimum Gasteiger partial charge on any atom is -0.492 e. The highest BCUT2D eigenvalue weighted by molar-refractivity contribution is 5.94. The predicted molar refractivity (Wildman–Crippen MR) is 136 cm³/mol. The lowest BCUT2D eigenvalue weighted by molar-refractivity contribution is 0.0930. The molecule has 37 heavy (non-hydrogen) atoms. The van der Waals surface area contributed by atoms with Gasteiger partial charge >= 0.3 is 0 Å². The molecule has 0 unspecified atom stereocenters. The van der Waals surface area contributed by atoms with E-state index in [0.717, 1.165) is 48.4 Å². The number of nitrogens with zero attached hydrogens (tertiary/aromatic N) is 7. The predicted octanol–water partition coefficient (Wildman–Crippen LogP) is 2.86. The Bertz CT molecular complexity index is 1450. The van der Waals surface area contributed by atoms with Crippen LogP contribution >= 0.6 is 0 Å². The number of ether oxygens (including phenoxy) is 2. The summed E-state index contributed by atoms with van der Waals surface area (Å²) in [7, 11) is 1.49. The van der Waals surface area contributed by atoms with Crippen molar-refractivity contribution in [2.24, 2.45) is 0 Å². The van der Waals surface area contributed by atoms with Gasteiger partial charge in [0, 0.05) is 42.5 Å². The van der Waals surface area contributed by atoms with Gasteiger partial charge in [-0.3, -0.25) is 4.79 Å². The number of rotatable bonds is 7. The summed E-state index contributed by atoms with van der Waals surface area (Å²) >= 11 is 0. The molecule has 11 heteroatoms. The molecule has 0 radical (unpaired) electrons. The molecule has 0 aliphatic carbocycles. The fraction of sp³-hybridized carbons (Fsp3) is 0.308. The smallest absolute Gasteiger partial charge is 0.253 e. The quantitative estimate of drug-likeness (QED) is 0.409. The number of hydrogen-bond acceptors (Lipinski definition) is 9. The van der Waals surface area contributed by atoms with E-state index in [1.165, 1.54) is 13.3 Å². The highest BCUT2D eigenvalue weighted by Crippen LogP contribution is 2.31. The van der Waals surface area contributed by atoms with E-state index in [4.69, 9.17) is 14.5 Å². The summed E-state index contributed by atoms with van der Waals surface area (Å²) in [6, 6.07) is 9.74. The van der Waals surface area contributed by atoms with Crippen LogP contribution in [0.4, 0.5) is 5.82 Å². The Morgan fingerprint density at radius 3 is 2.76 bits per heavy atom. The molecule has 0 atom stereocenters. The fourth-order valence-electron chi connectivity index (χ4n) is 4.47. The zero-order chi connectivity index (χ0) is 25.8. The third-order valence-electron chi connectivity index (χ3n) is 6.33. The van der Waals surface area contributed by atoms with Gasteiger partial charge in [0.05, 0.1) is 49.0 Å². The van der Waals surface area contributed by atoms with Gasteiger partial charge in [-0.2, -0.15) is 15.5 Å². The van der Waals surface area contributed by atoms with E-state index in [-0.39, 0.29) is 11.9 Å². The van der Waals surface area contributed by atoms with Gasteiger partial charge in [0.2, 0.25) is 5.88 Å². The molecule has 188 valence electrons. The molecule has 1 aliphatic heterocycles. The van der Waals surface area contributed by atoms with E-state index in [1.54, 1.807) is 23.0 Å². The lowest BCUT2D eigenvalue weighted by Crippen LogP contribution is -2.45. The van der Waals surface area contributed by atoms with Crippen molar-refractivity contribution in [3.05, 3.63) is 60.2 Å². The van der Waals surface area contributed by atoms with Gasteiger partial charge in [-0.25, -0.2) is 9.50 Å². The van der Waals surface area contributed by atoms with E-state index in [9.17, 15) is 10.1 Å². The number of aromatic nitrogens is 5. The summed E-state index contributed by atoms with van der Waals surface area (Å²) in [5.74, 6) is 1.65. The number of hydrogen-bond donors (Lipinski definition) is 1. The second kappa shape index (κ2) is 10.5. The molecular formula is C26H26N8O3. The Morgan fingerprint density at radius 2 is 2.05 bits per heavy atom. The average Bonchev–Trinajstić information content (AvgIpc) is 3.36. The number of anilines is 1. The second-order valence-corrected chi connectivity index (χ2v) is 8.61. The van der Waals surface area contributed by atoms with E-state index in [1.807, 2.05) is 31.3 Å². The van der Waals surface area contributed by atoms with Gasteiger partial charge in [0.1, 0.15) is 17.6 Å². The van der Waals surface area contributed by atoms with Crippen molar-refractivity contribution in [1.29, 1.82) is 5.26 Å². The lowest BCUT2D eigenvalue weighted by atomic mass is 10.0. The number of fused-ring (bicyclic) bond motifs is 1. The van der Waals surface area contributed by atoms with E-state index < -0.39 is 0 Å². The molecule has 1 aliphatic rings. The highest BCUT2D eigenvalue weighted by atomic mass is 16.5. The molecule has 1 N–H and O–H groups in total. The van der Waals surface area contributed by atoms with Crippen LogP contribution in [0.3, 0.4) is 0 Å². The van der Waals surface area contributed by atoms with Gasteiger partial charge in [-0.15, -0.1) is 5.10 Å².